The summed E-state index contributed by atoms with van der Waals surface area (Å²) in [7, 11) is 1.42. The van der Waals surface area contributed by atoms with Crippen molar-refractivity contribution in [3.63, 3.8) is 0 Å². The number of amides is 4. The van der Waals surface area contributed by atoms with Gasteiger partial charge in [-0.1, -0.05) is 60.2 Å². The minimum absolute atomic E-state index is 0.0621. The highest BCUT2D eigenvalue weighted by atomic mass is 35.5. The molecule has 7 rings (SSSR count). The summed E-state index contributed by atoms with van der Waals surface area (Å²) in [6.07, 6.45) is 5.30. The van der Waals surface area contributed by atoms with Crippen LogP contribution in [-0.4, -0.2) is 50.5 Å². The van der Waals surface area contributed by atoms with Crippen molar-refractivity contribution in [1.29, 1.82) is 0 Å². The van der Waals surface area contributed by atoms with Gasteiger partial charge in [0.25, 0.3) is 11.8 Å². The van der Waals surface area contributed by atoms with Crippen LogP contribution in [-0.2, 0) is 25.7 Å². The minimum Gasteiger partial charge on any atom is -0.504 e. The molecule has 3 aromatic rings. The monoisotopic (exact) mass is 674 g/mol. The Morgan fingerprint density at radius 2 is 1.68 bits per heavy atom. The number of fused-ring (bicyclic) bond motifs is 4. The molecule has 1 N–H and O–H groups in total. The molecule has 0 spiro atoms. The molecule has 8 nitrogen and oxygen atoms in total. The van der Waals surface area contributed by atoms with Crippen molar-refractivity contribution in [3.05, 3.63) is 107 Å². The second kappa shape index (κ2) is 11.3. The molecule has 0 aromatic heterocycles. The number of carbonyl (C=O) groups excluding carboxylic acids is 4. The van der Waals surface area contributed by atoms with Crippen molar-refractivity contribution in [2.75, 3.05) is 12.0 Å². The molecule has 2 aliphatic carbocycles. The van der Waals surface area contributed by atoms with Crippen LogP contribution in [0.5, 0.6) is 11.5 Å². The van der Waals surface area contributed by atoms with Gasteiger partial charge >= 0.3 is 0 Å². The number of halogens is 3. The van der Waals surface area contributed by atoms with Gasteiger partial charge in [0.15, 0.2) is 21.2 Å². The summed E-state index contributed by atoms with van der Waals surface area (Å²) < 4.78 is 19.1. The van der Waals surface area contributed by atoms with Gasteiger partial charge < -0.3 is 9.84 Å². The molecule has 11 heteroatoms. The number of anilines is 1. The molecule has 2 aliphatic heterocycles. The van der Waals surface area contributed by atoms with Crippen molar-refractivity contribution in [3.8, 4) is 11.5 Å². The quantitative estimate of drug-likeness (QED) is 0.200. The summed E-state index contributed by atoms with van der Waals surface area (Å²) in [6, 6.07) is 18.8. The highest BCUT2D eigenvalue weighted by Crippen LogP contribution is 2.63. The second-order valence-electron chi connectivity index (χ2n) is 12.3. The van der Waals surface area contributed by atoms with Crippen molar-refractivity contribution >= 4 is 58.6 Å². The van der Waals surface area contributed by atoms with Gasteiger partial charge in [-0.25, -0.2) is 9.29 Å². The fourth-order valence-corrected chi connectivity index (χ4v) is 8.53. The lowest BCUT2D eigenvalue weighted by molar-refractivity contribution is -0.141. The Balaban J connectivity index is 1.33. The minimum atomic E-state index is -2.03. The van der Waals surface area contributed by atoms with Crippen molar-refractivity contribution < 1.29 is 33.4 Å². The summed E-state index contributed by atoms with van der Waals surface area (Å²) in [5, 5.41) is 10.1. The van der Waals surface area contributed by atoms with E-state index in [0.29, 0.717) is 11.1 Å². The topological polar surface area (TPSA) is 104 Å². The molecule has 0 bridgehead atoms. The van der Waals surface area contributed by atoms with E-state index in [1.54, 1.807) is 24.3 Å². The lowest BCUT2D eigenvalue weighted by Crippen LogP contribution is -2.60. The molecule has 2 saturated heterocycles. The van der Waals surface area contributed by atoms with Crippen LogP contribution in [0.3, 0.4) is 0 Å². The van der Waals surface area contributed by atoms with Crippen LogP contribution in [0, 0.1) is 29.5 Å². The first-order valence-electron chi connectivity index (χ1n) is 15.2. The molecule has 3 aromatic carbocycles. The van der Waals surface area contributed by atoms with E-state index in [0.717, 1.165) is 22.6 Å². The van der Waals surface area contributed by atoms with Crippen LogP contribution in [0.1, 0.15) is 24.0 Å². The molecule has 4 aliphatic rings. The average Bonchev–Trinajstić information content (AvgIpc) is 3.39. The Morgan fingerprint density at radius 3 is 2.38 bits per heavy atom. The molecule has 3 fully saturated rings. The van der Waals surface area contributed by atoms with Crippen LogP contribution in [0.4, 0.5) is 10.1 Å². The highest BCUT2D eigenvalue weighted by molar-refractivity contribution is 6.58. The Hall–Kier alpha value is -4.47. The van der Waals surface area contributed by atoms with Gasteiger partial charge in [0, 0.05) is 5.92 Å². The summed E-state index contributed by atoms with van der Waals surface area (Å²) in [5.74, 6) is -5.72. The zero-order valence-electron chi connectivity index (χ0n) is 25.1. The number of nitrogens with zero attached hydrogens (tertiary/aromatic N) is 2. The van der Waals surface area contributed by atoms with Crippen molar-refractivity contribution in [2.45, 2.75) is 29.1 Å². The molecule has 4 amide bonds. The Bertz CT molecular complexity index is 1880. The van der Waals surface area contributed by atoms with Gasteiger partial charge in [-0.3, -0.25) is 24.1 Å². The molecular formula is C36H29Cl2FN2O6. The zero-order chi connectivity index (χ0) is 33.2. The van der Waals surface area contributed by atoms with E-state index >= 15 is 0 Å². The number of phenols is 1. The van der Waals surface area contributed by atoms with Gasteiger partial charge in [0.05, 0.1) is 31.2 Å². The summed E-state index contributed by atoms with van der Waals surface area (Å²) in [4.78, 5) is 54.5. The predicted molar refractivity (Wildman–Crippen MR) is 173 cm³/mol. The Kier molecular flexibility index (Phi) is 7.52. The smallest absolute Gasteiger partial charge is 0.258 e. The fraction of sp³-hybridized carbons (Fsp3) is 0.278. The molecule has 47 heavy (non-hydrogen) atoms. The maximum absolute atomic E-state index is 14.4. The van der Waals surface area contributed by atoms with Crippen molar-refractivity contribution in [1.82, 2.24) is 4.90 Å². The number of imide groups is 2. The molecule has 240 valence electrons. The summed E-state index contributed by atoms with van der Waals surface area (Å²) >= 11 is 14.7. The predicted octanol–water partition coefficient (Wildman–Crippen LogP) is 5.85. The molecule has 2 heterocycles. The van der Waals surface area contributed by atoms with Crippen LogP contribution >= 0.6 is 23.2 Å². The third-order valence-corrected chi connectivity index (χ3v) is 11.3. The lowest BCUT2D eigenvalue weighted by Gasteiger charge is -2.49. The number of methoxy groups -OCH3 is 1. The van der Waals surface area contributed by atoms with E-state index in [1.807, 2.05) is 36.4 Å². The second-order valence-corrected chi connectivity index (χ2v) is 13.6. The number of carbonyl (C=O) groups is 4. The number of hydrogen-bond donors (Lipinski definition) is 1. The standard InChI is InChI=1S/C36H29Cl2FN2O6/c1-47-29-17-20(8-16-28(29)42)7-15-27-24-13-14-25-30(32(44)40(31(25)43)19-21-5-3-2-4-6-21)26(24)18-35(37)33(45)41(34(46)36(27,35)38)23-11-9-22(39)10-12-23/h2-13,15-17,25-27,30,42H,14,18-19H2,1H3. The normalized spacial score (nSPS) is 30.0. The van der Waals surface area contributed by atoms with Gasteiger partial charge in [-0.05, 0) is 66.3 Å². The Labute approximate surface area is 280 Å². The number of phenolic OH excluding ortho intramolecular Hbond substituents is 1. The third-order valence-electron chi connectivity index (χ3n) is 9.91. The van der Waals surface area contributed by atoms with E-state index in [4.69, 9.17) is 27.9 Å². The van der Waals surface area contributed by atoms with E-state index in [-0.39, 0.29) is 48.4 Å². The maximum Gasteiger partial charge on any atom is 0.258 e. The van der Waals surface area contributed by atoms with Crippen LogP contribution in [0.25, 0.3) is 6.08 Å². The molecule has 1 saturated carbocycles. The summed E-state index contributed by atoms with van der Waals surface area (Å²) in [6.45, 7) is 0.112. The fourth-order valence-electron chi connectivity index (χ4n) is 7.64. The lowest BCUT2D eigenvalue weighted by atomic mass is 9.57. The number of rotatable bonds is 6. The van der Waals surface area contributed by atoms with Gasteiger partial charge in [-0.2, -0.15) is 0 Å². The maximum atomic E-state index is 14.4. The first kappa shape index (κ1) is 31.1. The van der Waals surface area contributed by atoms with Crippen LogP contribution in [0.15, 0.2) is 90.5 Å². The number of ether oxygens (including phenoxy) is 1. The van der Waals surface area contributed by atoms with Gasteiger partial charge in [-0.15, -0.1) is 23.2 Å². The molecular weight excluding hydrogens is 646 g/mol. The Morgan fingerprint density at radius 1 is 0.957 bits per heavy atom. The molecule has 0 radical (unpaired) electrons. The zero-order valence-corrected chi connectivity index (χ0v) is 26.6. The first-order valence-corrected chi connectivity index (χ1v) is 15.9. The van der Waals surface area contributed by atoms with Gasteiger partial charge in [0.2, 0.25) is 11.8 Å². The number of benzene rings is 3. The van der Waals surface area contributed by atoms with Crippen LogP contribution in [0.2, 0.25) is 0 Å². The largest absolute Gasteiger partial charge is 0.504 e. The number of aromatic hydroxyl groups is 1. The number of allylic oxidation sites excluding steroid dienone is 3. The highest BCUT2D eigenvalue weighted by Gasteiger charge is 2.76. The van der Waals surface area contributed by atoms with E-state index in [9.17, 15) is 28.7 Å². The van der Waals surface area contributed by atoms with E-state index < -0.39 is 51.1 Å². The molecule has 6 unspecified atom stereocenters. The number of likely N-dealkylation sites (tertiary alicyclic amines) is 1. The SMILES string of the molecule is COc1cc(C=CC2C3=CCC4C(=O)N(Cc5ccccc5)C(=O)C4C3CC3(Cl)C(=O)N(c4ccc(F)cc4)C(=O)C23Cl)ccc1O. The summed E-state index contributed by atoms with van der Waals surface area (Å²) in [5.41, 5.74) is 2.15. The van der Waals surface area contributed by atoms with E-state index in [2.05, 4.69) is 0 Å². The number of hydrogen-bond acceptors (Lipinski definition) is 6. The van der Waals surface area contributed by atoms with E-state index in [1.165, 1.54) is 30.2 Å². The third kappa shape index (κ3) is 4.62. The van der Waals surface area contributed by atoms with Gasteiger partial charge in [0.1, 0.15) is 5.82 Å². The average molecular weight is 676 g/mol. The molecule has 6 atom stereocenters. The van der Waals surface area contributed by atoms with Crippen molar-refractivity contribution in [2.24, 2.45) is 23.7 Å². The first-order chi connectivity index (χ1) is 22.5. The number of alkyl halides is 2. The van der Waals surface area contributed by atoms with Crippen LogP contribution < -0.4 is 9.64 Å².